The van der Waals surface area contributed by atoms with Crippen LogP contribution >= 0.6 is 0 Å². The molecule has 0 radical (unpaired) electrons. The van der Waals surface area contributed by atoms with E-state index in [1.54, 1.807) is 0 Å². The number of urea groups is 1. The average Bonchev–Trinajstić information content (AvgIpc) is 3.13. The summed E-state index contributed by atoms with van der Waals surface area (Å²) in [5.74, 6) is 1.15. The van der Waals surface area contributed by atoms with E-state index >= 15 is 0 Å². The number of halogens is 1. The molecule has 1 heterocycles. The van der Waals surface area contributed by atoms with Crippen LogP contribution in [-0.4, -0.2) is 32.2 Å². The van der Waals surface area contributed by atoms with Gasteiger partial charge in [0.05, 0.1) is 0 Å². The molecule has 0 bridgehead atoms. The van der Waals surface area contributed by atoms with Crippen molar-refractivity contribution in [1.29, 1.82) is 0 Å². The highest BCUT2D eigenvalue weighted by atomic mass is 19.1. The summed E-state index contributed by atoms with van der Waals surface area (Å²) < 4.78 is 13.1. The van der Waals surface area contributed by atoms with Crippen LogP contribution in [0.1, 0.15) is 43.6 Å². The number of carbonyl (C=O) groups is 1. The molecule has 4 nitrogen and oxygen atoms in total. The van der Waals surface area contributed by atoms with Gasteiger partial charge in [-0.1, -0.05) is 25.0 Å². The van der Waals surface area contributed by atoms with Gasteiger partial charge in [0.1, 0.15) is 5.82 Å². The molecule has 2 amide bonds. The monoisotopic (exact) mass is 333 g/mol. The molecule has 1 saturated heterocycles. The van der Waals surface area contributed by atoms with Gasteiger partial charge in [0, 0.05) is 19.6 Å². The number of carbonyl (C=O) groups excluding carboxylic acids is 1. The van der Waals surface area contributed by atoms with E-state index in [9.17, 15) is 9.18 Å². The summed E-state index contributed by atoms with van der Waals surface area (Å²) in [6.07, 6.45) is 6.07. The Kier molecular flexibility index (Phi) is 6.07. The van der Waals surface area contributed by atoms with Gasteiger partial charge < -0.3 is 16.0 Å². The predicted molar refractivity (Wildman–Crippen MR) is 93.5 cm³/mol. The molecule has 24 heavy (non-hydrogen) atoms. The molecule has 3 rings (SSSR count). The quantitative estimate of drug-likeness (QED) is 0.776. The third kappa shape index (κ3) is 4.69. The number of hydrogen-bond donors (Lipinski definition) is 3. The summed E-state index contributed by atoms with van der Waals surface area (Å²) in [6, 6.07) is 6.73. The number of benzene rings is 1. The van der Waals surface area contributed by atoms with Crippen LogP contribution in [0, 0.1) is 17.7 Å². The van der Waals surface area contributed by atoms with Gasteiger partial charge in [-0.05, 0) is 61.3 Å². The summed E-state index contributed by atoms with van der Waals surface area (Å²) in [5.41, 5.74) is 1.16. The lowest BCUT2D eigenvalue weighted by molar-refractivity contribution is 0.233. The van der Waals surface area contributed by atoms with Crippen molar-refractivity contribution in [2.24, 2.45) is 11.8 Å². The van der Waals surface area contributed by atoms with Crippen molar-refractivity contribution >= 4 is 6.03 Å². The van der Waals surface area contributed by atoms with E-state index in [0.717, 1.165) is 31.6 Å². The van der Waals surface area contributed by atoms with E-state index in [1.165, 1.54) is 37.8 Å². The second kappa shape index (κ2) is 8.47. The molecule has 2 fully saturated rings. The van der Waals surface area contributed by atoms with Crippen LogP contribution in [0.25, 0.3) is 0 Å². The Morgan fingerprint density at radius 3 is 2.54 bits per heavy atom. The SMILES string of the molecule is O=C(NCC1CCCC1)NC[C@H]1CNCC[C@H]1c1ccc(F)cc1. The molecule has 0 spiro atoms. The Balaban J connectivity index is 1.48. The Labute approximate surface area is 143 Å². The molecule has 1 aliphatic heterocycles. The largest absolute Gasteiger partial charge is 0.338 e. The molecule has 1 aromatic rings. The predicted octanol–water partition coefficient (Wildman–Crippen LogP) is 3.01. The van der Waals surface area contributed by atoms with E-state index in [4.69, 9.17) is 0 Å². The maximum atomic E-state index is 13.1. The zero-order valence-corrected chi connectivity index (χ0v) is 14.2. The molecular weight excluding hydrogens is 305 g/mol. The highest BCUT2D eigenvalue weighted by molar-refractivity contribution is 5.73. The van der Waals surface area contributed by atoms with Crippen LogP contribution < -0.4 is 16.0 Å². The van der Waals surface area contributed by atoms with Crippen LogP contribution in [-0.2, 0) is 0 Å². The summed E-state index contributed by atoms with van der Waals surface area (Å²) in [6.45, 7) is 3.28. The Hall–Kier alpha value is -1.62. The maximum absolute atomic E-state index is 13.1. The van der Waals surface area contributed by atoms with Crippen molar-refractivity contribution in [3.05, 3.63) is 35.6 Å². The minimum Gasteiger partial charge on any atom is -0.338 e. The van der Waals surface area contributed by atoms with Gasteiger partial charge in [0.15, 0.2) is 0 Å². The van der Waals surface area contributed by atoms with Crippen molar-refractivity contribution < 1.29 is 9.18 Å². The maximum Gasteiger partial charge on any atom is 0.314 e. The number of nitrogens with one attached hydrogen (secondary N) is 3. The van der Waals surface area contributed by atoms with Gasteiger partial charge in [0.2, 0.25) is 0 Å². The third-order valence-corrected chi connectivity index (χ3v) is 5.46. The van der Waals surface area contributed by atoms with Gasteiger partial charge >= 0.3 is 6.03 Å². The molecular formula is C19H28FN3O. The van der Waals surface area contributed by atoms with E-state index < -0.39 is 0 Å². The molecule has 0 aromatic heterocycles. The molecule has 2 aliphatic rings. The van der Waals surface area contributed by atoms with Crippen molar-refractivity contribution in [2.75, 3.05) is 26.2 Å². The Morgan fingerprint density at radius 2 is 1.79 bits per heavy atom. The summed E-state index contributed by atoms with van der Waals surface area (Å²) >= 11 is 0. The number of piperidine rings is 1. The van der Waals surface area contributed by atoms with Gasteiger partial charge in [0.25, 0.3) is 0 Å². The van der Waals surface area contributed by atoms with Crippen molar-refractivity contribution in [1.82, 2.24) is 16.0 Å². The topological polar surface area (TPSA) is 53.2 Å². The van der Waals surface area contributed by atoms with Crippen LogP contribution in [0.2, 0.25) is 0 Å². The summed E-state index contributed by atoms with van der Waals surface area (Å²) in [4.78, 5) is 12.0. The van der Waals surface area contributed by atoms with Crippen molar-refractivity contribution in [3.63, 3.8) is 0 Å². The van der Waals surface area contributed by atoms with Gasteiger partial charge in [-0.15, -0.1) is 0 Å². The van der Waals surface area contributed by atoms with Crippen molar-refractivity contribution in [3.8, 4) is 0 Å². The number of rotatable bonds is 5. The minimum absolute atomic E-state index is 0.0645. The molecule has 1 aliphatic carbocycles. The standard InChI is InChI=1S/C19H28FN3O/c20-17-7-5-15(6-8-17)18-9-10-21-12-16(18)13-23-19(24)22-11-14-3-1-2-4-14/h5-8,14,16,18,21H,1-4,9-13H2,(H2,22,23,24)/t16-,18+/m1/s1. The molecule has 2 atom stereocenters. The molecule has 1 saturated carbocycles. The second-order valence-corrected chi connectivity index (χ2v) is 7.15. The second-order valence-electron chi connectivity index (χ2n) is 7.15. The lowest BCUT2D eigenvalue weighted by atomic mass is 9.81. The fourth-order valence-electron chi connectivity index (χ4n) is 4.02. The van der Waals surface area contributed by atoms with Crippen LogP contribution in [0.3, 0.4) is 0 Å². The smallest absolute Gasteiger partial charge is 0.314 e. The summed E-state index contributed by atoms with van der Waals surface area (Å²) in [7, 11) is 0. The third-order valence-electron chi connectivity index (χ3n) is 5.46. The van der Waals surface area contributed by atoms with E-state index in [1.807, 2.05) is 12.1 Å². The first-order valence-electron chi connectivity index (χ1n) is 9.20. The van der Waals surface area contributed by atoms with Gasteiger partial charge in [-0.25, -0.2) is 9.18 Å². The Bertz CT molecular complexity index is 528. The fourth-order valence-corrected chi connectivity index (χ4v) is 4.02. The van der Waals surface area contributed by atoms with E-state index in [2.05, 4.69) is 16.0 Å². The van der Waals surface area contributed by atoms with Gasteiger partial charge in [-0.3, -0.25) is 0 Å². The van der Waals surface area contributed by atoms with E-state index in [0.29, 0.717) is 24.3 Å². The normalized spacial score (nSPS) is 24.7. The van der Waals surface area contributed by atoms with Gasteiger partial charge in [-0.2, -0.15) is 0 Å². The molecule has 5 heteroatoms. The number of hydrogen-bond acceptors (Lipinski definition) is 2. The molecule has 3 N–H and O–H groups in total. The minimum atomic E-state index is -0.200. The highest BCUT2D eigenvalue weighted by Crippen LogP contribution is 2.30. The first-order chi connectivity index (χ1) is 11.7. The fraction of sp³-hybridized carbons (Fsp3) is 0.632. The van der Waals surface area contributed by atoms with Crippen LogP contribution in [0.4, 0.5) is 9.18 Å². The zero-order chi connectivity index (χ0) is 16.8. The average molecular weight is 333 g/mol. The van der Waals surface area contributed by atoms with Crippen LogP contribution in [0.5, 0.6) is 0 Å². The molecule has 0 unspecified atom stereocenters. The summed E-state index contributed by atoms with van der Waals surface area (Å²) in [5, 5.41) is 9.43. The first kappa shape index (κ1) is 17.2. The number of amides is 2. The highest BCUT2D eigenvalue weighted by Gasteiger charge is 2.26. The Morgan fingerprint density at radius 1 is 1.08 bits per heavy atom. The van der Waals surface area contributed by atoms with Crippen molar-refractivity contribution in [2.45, 2.75) is 38.0 Å². The lowest BCUT2D eigenvalue weighted by Crippen LogP contribution is -2.45. The molecule has 132 valence electrons. The first-order valence-corrected chi connectivity index (χ1v) is 9.20. The van der Waals surface area contributed by atoms with E-state index in [-0.39, 0.29) is 11.8 Å². The lowest BCUT2D eigenvalue weighted by Gasteiger charge is -2.32. The van der Waals surface area contributed by atoms with Crippen LogP contribution in [0.15, 0.2) is 24.3 Å². The molecule has 1 aromatic carbocycles. The zero-order valence-electron chi connectivity index (χ0n) is 14.2.